The standard InChI is InChI=1S/C5H8N2/c1-4-2-5(6)3-7-4/h2-3,7H,6H2,1H3. The average Bonchev–Trinajstić information content (AvgIpc) is 1.87. The lowest BCUT2D eigenvalue weighted by atomic mass is 10.5. The van der Waals surface area contributed by atoms with Crippen LogP contribution in [0, 0.1) is 6.92 Å². The summed E-state index contributed by atoms with van der Waals surface area (Å²) in [7, 11) is 0. The Hall–Kier alpha value is -0.920. The predicted octanol–water partition coefficient (Wildman–Crippen LogP) is 0.905. The highest BCUT2D eigenvalue weighted by atomic mass is 14.7. The summed E-state index contributed by atoms with van der Waals surface area (Å²) in [6.07, 6.45) is 1.77. The molecule has 0 aliphatic heterocycles. The third-order valence-electron chi connectivity index (χ3n) is 0.850. The largest absolute Gasteiger partial charge is 0.397 e. The first-order valence-electron chi connectivity index (χ1n) is 2.19. The number of H-pyrrole nitrogens is 1. The van der Waals surface area contributed by atoms with E-state index in [1.54, 1.807) is 6.20 Å². The maximum absolute atomic E-state index is 5.35. The quantitative estimate of drug-likeness (QED) is 0.495. The van der Waals surface area contributed by atoms with Gasteiger partial charge >= 0.3 is 0 Å². The second-order valence-electron chi connectivity index (χ2n) is 1.62. The smallest absolute Gasteiger partial charge is 0.0494 e. The van der Waals surface area contributed by atoms with Gasteiger partial charge in [0.1, 0.15) is 0 Å². The van der Waals surface area contributed by atoms with Crippen LogP contribution in [-0.2, 0) is 0 Å². The van der Waals surface area contributed by atoms with Crippen molar-refractivity contribution in [2.75, 3.05) is 5.73 Å². The van der Waals surface area contributed by atoms with Crippen LogP contribution in [0.3, 0.4) is 0 Å². The Labute approximate surface area is 42.3 Å². The summed E-state index contributed by atoms with van der Waals surface area (Å²) in [5, 5.41) is 0. The van der Waals surface area contributed by atoms with Gasteiger partial charge in [-0.25, -0.2) is 0 Å². The normalized spacial score (nSPS) is 9.29. The number of aryl methyl sites for hydroxylation is 1. The van der Waals surface area contributed by atoms with Crippen molar-refractivity contribution in [2.45, 2.75) is 6.92 Å². The molecule has 0 unspecified atom stereocenters. The first-order chi connectivity index (χ1) is 3.29. The monoisotopic (exact) mass is 96.1 g/mol. The van der Waals surface area contributed by atoms with Crippen molar-refractivity contribution >= 4 is 5.69 Å². The molecule has 0 fully saturated rings. The topological polar surface area (TPSA) is 41.8 Å². The van der Waals surface area contributed by atoms with Crippen LogP contribution >= 0.6 is 0 Å². The van der Waals surface area contributed by atoms with Crippen LogP contribution in [0.1, 0.15) is 5.69 Å². The third kappa shape index (κ3) is 0.738. The number of nitrogen functional groups attached to an aromatic ring is 1. The second kappa shape index (κ2) is 1.30. The molecule has 0 aliphatic carbocycles. The molecule has 1 aromatic rings. The van der Waals surface area contributed by atoms with Gasteiger partial charge in [0.15, 0.2) is 0 Å². The molecule has 3 N–H and O–H groups in total. The van der Waals surface area contributed by atoms with E-state index in [1.165, 1.54) is 0 Å². The van der Waals surface area contributed by atoms with Crippen molar-refractivity contribution in [1.29, 1.82) is 0 Å². The van der Waals surface area contributed by atoms with Crippen molar-refractivity contribution in [2.24, 2.45) is 0 Å². The van der Waals surface area contributed by atoms with Crippen LogP contribution in [0.25, 0.3) is 0 Å². The molecule has 1 rings (SSSR count). The lowest BCUT2D eigenvalue weighted by molar-refractivity contribution is 1.27. The Morgan fingerprint density at radius 3 is 2.57 bits per heavy atom. The minimum Gasteiger partial charge on any atom is -0.397 e. The van der Waals surface area contributed by atoms with E-state index in [2.05, 4.69) is 4.98 Å². The van der Waals surface area contributed by atoms with Crippen molar-refractivity contribution in [1.82, 2.24) is 4.98 Å². The van der Waals surface area contributed by atoms with E-state index in [0.717, 1.165) is 11.4 Å². The predicted molar refractivity (Wildman–Crippen MR) is 29.9 cm³/mol. The Bertz CT molecular complexity index is 138. The molecule has 0 spiro atoms. The molecule has 0 bridgehead atoms. The summed E-state index contributed by atoms with van der Waals surface area (Å²) in [6, 6.07) is 1.89. The molecule has 7 heavy (non-hydrogen) atoms. The summed E-state index contributed by atoms with van der Waals surface area (Å²) in [5.74, 6) is 0. The minimum atomic E-state index is 0.803. The molecular formula is C5H8N2. The Balaban J connectivity index is 3.04. The lowest BCUT2D eigenvalue weighted by Crippen LogP contribution is -1.75. The Morgan fingerprint density at radius 1 is 1.71 bits per heavy atom. The Morgan fingerprint density at radius 2 is 2.43 bits per heavy atom. The summed E-state index contributed by atoms with van der Waals surface area (Å²) in [6.45, 7) is 1.97. The van der Waals surface area contributed by atoms with Crippen LogP contribution in [0.15, 0.2) is 12.3 Å². The van der Waals surface area contributed by atoms with E-state index in [0.29, 0.717) is 0 Å². The van der Waals surface area contributed by atoms with Crippen LogP contribution in [-0.4, -0.2) is 4.98 Å². The molecule has 0 saturated heterocycles. The molecule has 2 heteroatoms. The van der Waals surface area contributed by atoms with Crippen molar-refractivity contribution in [3.05, 3.63) is 18.0 Å². The Kier molecular flexibility index (Phi) is 0.785. The van der Waals surface area contributed by atoms with Gasteiger partial charge in [-0.15, -0.1) is 0 Å². The number of nitrogens with two attached hydrogens (primary N) is 1. The number of nitrogens with one attached hydrogen (secondary N) is 1. The minimum absolute atomic E-state index is 0.803. The van der Waals surface area contributed by atoms with E-state index in [-0.39, 0.29) is 0 Å². The zero-order valence-electron chi connectivity index (χ0n) is 4.23. The molecule has 0 radical (unpaired) electrons. The van der Waals surface area contributed by atoms with Crippen LogP contribution in [0.2, 0.25) is 0 Å². The summed E-state index contributed by atoms with van der Waals surface area (Å²) in [4.78, 5) is 2.94. The van der Waals surface area contributed by atoms with Gasteiger partial charge in [0, 0.05) is 17.6 Å². The van der Waals surface area contributed by atoms with Gasteiger partial charge in [-0.05, 0) is 13.0 Å². The van der Waals surface area contributed by atoms with Crippen molar-refractivity contribution < 1.29 is 0 Å². The van der Waals surface area contributed by atoms with Gasteiger partial charge in [0.05, 0.1) is 0 Å². The first-order valence-corrected chi connectivity index (χ1v) is 2.19. The molecule has 1 aromatic heterocycles. The maximum Gasteiger partial charge on any atom is 0.0494 e. The number of aromatic amines is 1. The summed E-state index contributed by atoms with van der Waals surface area (Å²) >= 11 is 0. The number of aromatic nitrogens is 1. The van der Waals surface area contributed by atoms with E-state index in [9.17, 15) is 0 Å². The zero-order valence-corrected chi connectivity index (χ0v) is 4.23. The van der Waals surface area contributed by atoms with Crippen molar-refractivity contribution in [3.63, 3.8) is 0 Å². The molecule has 0 atom stereocenters. The van der Waals surface area contributed by atoms with Gasteiger partial charge in [-0.3, -0.25) is 0 Å². The number of hydrogen-bond donors (Lipinski definition) is 2. The lowest BCUT2D eigenvalue weighted by Gasteiger charge is -1.72. The molecule has 1 heterocycles. The number of anilines is 1. The number of hydrogen-bond acceptors (Lipinski definition) is 1. The van der Waals surface area contributed by atoms with Crippen molar-refractivity contribution in [3.8, 4) is 0 Å². The number of rotatable bonds is 0. The van der Waals surface area contributed by atoms with Gasteiger partial charge in [-0.2, -0.15) is 0 Å². The fourth-order valence-electron chi connectivity index (χ4n) is 0.531. The fraction of sp³-hybridized carbons (Fsp3) is 0.200. The molecule has 38 valence electrons. The van der Waals surface area contributed by atoms with Gasteiger partial charge in [0.25, 0.3) is 0 Å². The summed E-state index contributed by atoms with van der Waals surface area (Å²) < 4.78 is 0. The van der Waals surface area contributed by atoms with E-state index >= 15 is 0 Å². The van der Waals surface area contributed by atoms with Gasteiger partial charge < -0.3 is 10.7 Å². The fourth-order valence-corrected chi connectivity index (χ4v) is 0.531. The van der Waals surface area contributed by atoms with Gasteiger partial charge in [0.2, 0.25) is 0 Å². The maximum atomic E-state index is 5.35. The van der Waals surface area contributed by atoms with Crippen LogP contribution in [0.5, 0.6) is 0 Å². The highest BCUT2D eigenvalue weighted by Gasteiger charge is 1.83. The van der Waals surface area contributed by atoms with Crippen LogP contribution < -0.4 is 5.73 Å². The molecule has 0 aliphatic rings. The average molecular weight is 96.1 g/mol. The zero-order chi connectivity index (χ0) is 5.28. The summed E-state index contributed by atoms with van der Waals surface area (Å²) in [5.41, 5.74) is 7.26. The van der Waals surface area contributed by atoms with Crippen LogP contribution in [0.4, 0.5) is 5.69 Å². The first kappa shape index (κ1) is 4.24. The molecule has 0 aromatic carbocycles. The second-order valence-corrected chi connectivity index (χ2v) is 1.62. The SMILES string of the molecule is Cc1cc(N)c[nH]1. The molecular weight excluding hydrogens is 88.1 g/mol. The highest BCUT2D eigenvalue weighted by molar-refractivity contribution is 5.36. The molecule has 2 nitrogen and oxygen atoms in total. The van der Waals surface area contributed by atoms with Gasteiger partial charge in [-0.1, -0.05) is 0 Å². The molecule has 0 saturated carbocycles. The third-order valence-corrected chi connectivity index (χ3v) is 0.850. The van der Waals surface area contributed by atoms with E-state index in [4.69, 9.17) is 5.73 Å². The van der Waals surface area contributed by atoms with E-state index < -0.39 is 0 Å². The van der Waals surface area contributed by atoms with E-state index in [1.807, 2.05) is 13.0 Å². The highest BCUT2D eigenvalue weighted by Crippen LogP contribution is 2.00. The molecule has 0 amide bonds.